The van der Waals surface area contributed by atoms with Crippen molar-refractivity contribution in [2.45, 2.75) is 6.18 Å². The minimum absolute atomic E-state index is 0.325. The van der Waals surface area contributed by atoms with Crippen LogP contribution in [0.15, 0.2) is 72.8 Å². The number of para-hydroxylation sites is 1. The Hall–Kier alpha value is -2.82. The number of aromatic nitrogens is 1. The highest BCUT2D eigenvalue weighted by Gasteiger charge is 2.30. The fourth-order valence-corrected chi connectivity index (χ4v) is 2.10. The van der Waals surface area contributed by atoms with Crippen LogP contribution >= 0.6 is 0 Å². The lowest BCUT2D eigenvalue weighted by Gasteiger charge is -2.09. The Morgan fingerprint density at radius 1 is 0.783 bits per heavy atom. The van der Waals surface area contributed by atoms with Gasteiger partial charge in [0.15, 0.2) is 0 Å². The molecule has 3 aromatic rings. The van der Waals surface area contributed by atoms with Crippen molar-refractivity contribution in [2.24, 2.45) is 0 Å². The molecule has 116 valence electrons. The van der Waals surface area contributed by atoms with Gasteiger partial charge < -0.3 is 4.74 Å². The fourth-order valence-electron chi connectivity index (χ4n) is 2.10. The molecule has 3 rings (SSSR count). The first-order chi connectivity index (χ1) is 11.0. The van der Waals surface area contributed by atoms with Gasteiger partial charge in [-0.1, -0.05) is 36.4 Å². The standard InChI is InChI=1S/C18H12F3NO/c19-18(20,21)14-7-4-6-13(12-14)16-10-5-11-17(22-16)23-15-8-2-1-3-9-15/h1-12H. The number of pyridine rings is 1. The number of alkyl halides is 3. The van der Waals surface area contributed by atoms with Crippen molar-refractivity contribution in [3.63, 3.8) is 0 Å². The van der Waals surface area contributed by atoms with Gasteiger partial charge in [0, 0.05) is 11.6 Å². The molecule has 0 saturated carbocycles. The van der Waals surface area contributed by atoms with E-state index in [0.717, 1.165) is 12.1 Å². The lowest BCUT2D eigenvalue weighted by Crippen LogP contribution is -2.04. The van der Waals surface area contributed by atoms with Gasteiger partial charge in [-0.05, 0) is 30.3 Å². The summed E-state index contributed by atoms with van der Waals surface area (Å²) in [7, 11) is 0. The van der Waals surface area contributed by atoms with E-state index in [1.54, 1.807) is 36.4 Å². The van der Waals surface area contributed by atoms with Crippen LogP contribution in [-0.2, 0) is 6.18 Å². The van der Waals surface area contributed by atoms with Crippen LogP contribution in [0.5, 0.6) is 11.6 Å². The summed E-state index contributed by atoms with van der Waals surface area (Å²) in [5.74, 6) is 0.937. The lowest BCUT2D eigenvalue weighted by molar-refractivity contribution is -0.137. The Morgan fingerprint density at radius 2 is 1.52 bits per heavy atom. The van der Waals surface area contributed by atoms with Crippen molar-refractivity contribution in [2.75, 3.05) is 0 Å². The zero-order valence-corrected chi connectivity index (χ0v) is 11.9. The van der Waals surface area contributed by atoms with Gasteiger partial charge in [0.05, 0.1) is 11.3 Å². The second-order valence-corrected chi connectivity index (χ2v) is 4.85. The van der Waals surface area contributed by atoms with Crippen LogP contribution in [0.3, 0.4) is 0 Å². The molecule has 0 unspecified atom stereocenters. The van der Waals surface area contributed by atoms with E-state index in [4.69, 9.17) is 4.74 Å². The van der Waals surface area contributed by atoms with Crippen LogP contribution in [0.2, 0.25) is 0 Å². The molecule has 1 heterocycles. The lowest BCUT2D eigenvalue weighted by atomic mass is 10.1. The monoisotopic (exact) mass is 315 g/mol. The van der Waals surface area contributed by atoms with Crippen molar-refractivity contribution in [3.05, 3.63) is 78.4 Å². The Morgan fingerprint density at radius 3 is 2.26 bits per heavy atom. The van der Waals surface area contributed by atoms with E-state index in [1.165, 1.54) is 6.07 Å². The highest BCUT2D eigenvalue weighted by Crippen LogP contribution is 2.32. The smallest absolute Gasteiger partial charge is 0.416 e. The minimum atomic E-state index is -4.38. The maximum Gasteiger partial charge on any atom is 0.416 e. The highest BCUT2D eigenvalue weighted by atomic mass is 19.4. The van der Waals surface area contributed by atoms with E-state index in [2.05, 4.69) is 4.98 Å². The van der Waals surface area contributed by atoms with Gasteiger partial charge in [0.1, 0.15) is 5.75 Å². The molecule has 0 amide bonds. The van der Waals surface area contributed by atoms with E-state index in [0.29, 0.717) is 22.9 Å². The molecular weight excluding hydrogens is 303 g/mol. The predicted molar refractivity (Wildman–Crippen MR) is 81.2 cm³/mol. The largest absolute Gasteiger partial charge is 0.439 e. The van der Waals surface area contributed by atoms with Gasteiger partial charge in [0.25, 0.3) is 0 Å². The number of ether oxygens (including phenoxy) is 1. The van der Waals surface area contributed by atoms with Gasteiger partial charge in [-0.3, -0.25) is 0 Å². The number of hydrogen-bond acceptors (Lipinski definition) is 2. The Balaban J connectivity index is 1.91. The number of benzene rings is 2. The first kappa shape index (κ1) is 15.1. The van der Waals surface area contributed by atoms with E-state index in [-0.39, 0.29) is 0 Å². The molecule has 2 aromatic carbocycles. The molecule has 0 radical (unpaired) electrons. The van der Waals surface area contributed by atoms with Crippen LogP contribution in [0, 0.1) is 0 Å². The van der Waals surface area contributed by atoms with Crippen LogP contribution in [0.25, 0.3) is 11.3 Å². The molecule has 0 aliphatic rings. The number of rotatable bonds is 3. The summed E-state index contributed by atoms with van der Waals surface area (Å²) in [5, 5.41) is 0. The maximum absolute atomic E-state index is 12.8. The molecule has 0 atom stereocenters. The van der Waals surface area contributed by atoms with Gasteiger partial charge in [0.2, 0.25) is 5.88 Å². The summed E-state index contributed by atoms with van der Waals surface area (Å²) >= 11 is 0. The summed E-state index contributed by atoms with van der Waals surface area (Å²) in [6.07, 6.45) is -4.38. The van der Waals surface area contributed by atoms with Crippen molar-refractivity contribution < 1.29 is 17.9 Å². The Kier molecular flexibility index (Phi) is 4.02. The summed E-state index contributed by atoms with van der Waals surface area (Å²) in [6.45, 7) is 0. The number of halogens is 3. The van der Waals surface area contributed by atoms with E-state index in [9.17, 15) is 13.2 Å². The van der Waals surface area contributed by atoms with Crippen LogP contribution in [0.4, 0.5) is 13.2 Å². The zero-order chi connectivity index (χ0) is 16.3. The molecule has 23 heavy (non-hydrogen) atoms. The van der Waals surface area contributed by atoms with Crippen molar-refractivity contribution in [1.29, 1.82) is 0 Å². The predicted octanol–water partition coefficient (Wildman–Crippen LogP) is 5.56. The molecule has 0 spiro atoms. The maximum atomic E-state index is 12.8. The van der Waals surface area contributed by atoms with E-state index in [1.807, 2.05) is 18.2 Å². The molecule has 1 aromatic heterocycles. The van der Waals surface area contributed by atoms with Gasteiger partial charge >= 0.3 is 6.18 Å². The molecule has 5 heteroatoms. The van der Waals surface area contributed by atoms with Crippen molar-refractivity contribution >= 4 is 0 Å². The molecule has 2 nitrogen and oxygen atoms in total. The molecule has 0 saturated heterocycles. The topological polar surface area (TPSA) is 22.1 Å². The summed E-state index contributed by atoms with van der Waals surface area (Å²) in [5.41, 5.74) is 0.106. The van der Waals surface area contributed by atoms with Crippen LogP contribution in [-0.4, -0.2) is 4.98 Å². The van der Waals surface area contributed by atoms with Gasteiger partial charge in [-0.25, -0.2) is 4.98 Å². The average Bonchev–Trinajstić information content (AvgIpc) is 2.55. The summed E-state index contributed by atoms with van der Waals surface area (Å²) < 4.78 is 44.0. The first-order valence-electron chi connectivity index (χ1n) is 6.90. The van der Waals surface area contributed by atoms with E-state index < -0.39 is 11.7 Å². The SMILES string of the molecule is FC(F)(F)c1cccc(-c2cccc(Oc3ccccc3)n2)c1. The molecular formula is C18H12F3NO. The summed E-state index contributed by atoms with van der Waals surface area (Å²) in [6, 6.07) is 19.1. The average molecular weight is 315 g/mol. The number of hydrogen-bond donors (Lipinski definition) is 0. The highest BCUT2D eigenvalue weighted by molar-refractivity contribution is 5.60. The molecule has 0 aliphatic carbocycles. The third kappa shape index (κ3) is 3.69. The normalized spacial score (nSPS) is 11.3. The fraction of sp³-hybridized carbons (Fsp3) is 0.0556. The van der Waals surface area contributed by atoms with Crippen molar-refractivity contribution in [3.8, 4) is 22.9 Å². The second-order valence-electron chi connectivity index (χ2n) is 4.85. The molecule has 0 aliphatic heterocycles. The quantitative estimate of drug-likeness (QED) is 0.631. The summed E-state index contributed by atoms with van der Waals surface area (Å²) in [4.78, 5) is 4.27. The Labute approximate surface area is 131 Å². The van der Waals surface area contributed by atoms with Gasteiger partial charge in [-0.15, -0.1) is 0 Å². The Bertz CT molecular complexity index is 801. The first-order valence-corrected chi connectivity index (χ1v) is 6.90. The zero-order valence-electron chi connectivity index (χ0n) is 11.9. The number of nitrogens with zero attached hydrogens (tertiary/aromatic N) is 1. The van der Waals surface area contributed by atoms with Crippen molar-refractivity contribution in [1.82, 2.24) is 4.98 Å². The van der Waals surface area contributed by atoms with Crippen LogP contribution in [0.1, 0.15) is 5.56 Å². The molecule has 0 fully saturated rings. The minimum Gasteiger partial charge on any atom is -0.439 e. The third-order valence-electron chi connectivity index (χ3n) is 3.17. The van der Waals surface area contributed by atoms with Crippen LogP contribution < -0.4 is 4.74 Å². The molecule has 0 N–H and O–H groups in total. The third-order valence-corrected chi connectivity index (χ3v) is 3.17. The van der Waals surface area contributed by atoms with Gasteiger partial charge in [-0.2, -0.15) is 13.2 Å². The second kappa shape index (κ2) is 6.12. The van der Waals surface area contributed by atoms with E-state index >= 15 is 0 Å². The molecule has 0 bridgehead atoms.